The minimum absolute atomic E-state index is 0.123. The van der Waals surface area contributed by atoms with Crippen molar-refractivity contribution in [3.8, 4) is 11.8 Å². The van der Waals surface area contributed by atoms with Crippen LogP contribution in [0, 0.1) is 11.8 Å². The van der Waals surface area contributed by atoms with E-state index >= 15 is 0 Å². The average molecular weight is 601 g/mol. The van der Waals surface area contributed by atoms with Crippen LogP contribution in [-0.2, 0) is 17.3 Å². The average Bonchev–Trinajstić information content (AvgIpc) is 3.30. The number of benzene rings is 1. The molecule has 2 aliphatic rings. The molecule has 1 amide bonds. The van der Waals surface area contributed by atoms with Gasteiger partial charge in [0, 0.05) is 45.5 Å². The number of alkyl halides is 3. The second-order valence-electron chi connectivity index (χ2n) is 10.9. The van der Waals surface area contributed by atoms with Gasteiger partial charge in [-0.2, -0.15) is 13.2 Å². The summed E-state index contributed by atoms with van der Waals surface area (Å²) in [7, 11) is 1.27. The summed E-state index contributed by atoms with van der Waals surface area (Å²) in [4.78, 5) is 19.0. The molecule has 0 spiro atoms. The van der Waals surface area contributed by atoms with Crippen molar-refractivity contribution in [1.82, 2.24) is 19.8 Å². The van der Waals surface area contributed by atoms with Gasteiger partial charge in [0.05, 0.1) is 29.6 Å². The molecule has 12 heteroatoms. The molecule has 0 atom stereocenters. The van der Waals surface area contributed by atoms with Gasteiger partial charge in [-0.1, -0.05) is 12.0 Å². The normalized spacial score (nSPS) is 20.1. The maximum Gasteiger partial charge on any atom is 0.406 e. The maximum absolute atomic E-state index is 13.5. The second-order valence-corrected chi connectivity index (χ2v) is 12.6. The van der Waals surface area contributed by atoms with Crippen LogP contribution in [0.5, 0.6) is 0 Å². The summed E-state index contributed by atoms with van der Waals surface area (Å²) >= 11 is 0. The van der Waals surface area contributed by atoms with Gasteiger partial charge in [-0.05, 0) is 82.1 Å². The lowest BCUT2D eigenvalue weighted by molar-refractivity contribution is -0.140. The van der Waals surface area contributed by atoms with Gasteiger partial charge in [-0.25, -0.2) is 4.98 Å². The Kier molecular flexibility index (Phi) is 9.38. The Morgan fingerprint density at radius 2 is 1.86 bits per heavy atom. The van der Waals surface area contributed by atoms with Crippen LogP contribution < -0.4 is 16.0 Å². The summed E-state index contributed by atoms with van der Waals surface area (Å²) in [6.07, 6.45) is 0.454. The molecule has 42 heavy (non-hydrogen) atoms. The van der Waals surface area contributed by atoms with Crippen LogP contribution in [0.1, 0.15) is 41.9 Å². The van der Waals surface area contributed by atoms with E-state index in [1.165, 1.54) is 4.57 Å². The van der Waals surface area contributed by atoms with Crippen molar-refractivity contribution in [2.45, 2.75) is 50.5 Å². The fraction of sp³-hybridized carbons (Fsp3) is 0.467. The monoisotopic (exact) mass is 600 g/mol. The number of hydrogen-bond donors (Lipinski definition) is 3. The zero-order valence-electron chi connectivity index (χ0n) is 23.5. The van der Waals surface area contributed by atoms with E-state index in [0.29, 0.717) is 33.8 Å². The fourth-order valence-electron chi connectivity index (χ4n) is 5.35. The molecule has 0 saturated carbocycles. The van der Waals surface area contributed by atoms with Gasteiger partial charge >= 0.3 is 6.18 Å². The van der Waals surface area contributed by atoms with E-state index in [1.807, 2.05) is 6.07 Å². The molecule has 1 aromatic carbocycles. The zero-order valence-corrected chi connectivity index (χ0v) is 24.3. The topological polar surface area (TPSA) is 91.3 Å². The third-order valence-electron chi connectivity index (χ3n) is 7.68. The van der Waals surface area contributed by atoms with Crippen molar-refractivity contribution in [2.24, 2.45) is 0 Å². The van der Waals surface area contributed by atoms with Crippen LogP contribution in [0.3, 0.4) is 0 Å². The number of carbonyl (C=O) groups excluding carboxylic acids is 1. The van der Waals surface area contributed by atoms with Crippen molar-refractivity contribution in [3.05, 3.63) is 54.0 Å². The third-order valence-corrected chi connectivity index (χ3v) is 9.06. The molecular formula is C30H35F3N6O2S. The first kappa shape index (κ1) is 29.9. The van der Waals surface area contributed by atoms with E-state index < -0.39 is 23.5 Å². The van der Waals surface area contributed by atoms with Crippen molar-refractivity contribution >= 4 is 39.0 Å². The van der Waals surface area contributed by atoms with Crippen LogP contribution in [0.2, 0.25) is 0 Å². The standard InChI is InChI=1S/C30H35F3N6O2S/c1-38-14-9-21(10-15-38)37-29(40)27-8-7-23(19-35-27)34-13-3-4-24-18-25-26(36-22-11-16-42(41)17-12-22)5-2-6-28(25)39(24)20-30(31,32)33/h2,5-8,18-19,21-22,34,36H,9-17,20H2,1H3,(H,37,40). The van der Waals surface area contributed by atoms with E-state index in [4.69, 9.17) is 0 Å². The van der Waals surface area contributed by atoms with Crippen LogP contribution in [0.15, 0.2) is 42.6 Å². The molecule has 8 nitrogen and oxygen atoms in total. The predicted molar refractivity (Wildman–Crippen MR) is 160 cm³/mol. The Balaban J connectivity index is 1.25. The van der Waals surface area contributed by atoms with Gasteiger partial charge in [0.2, 0.25) is 0 Å². The molecule has 0 unspecified atom stereocenters. The van der Waals surface area contributed by atoms with Gasteiger partial charge in [-0.15, -0.1) is 0 Å². The Bertz CT molecular complexity index is 1480. The van der Waals surface area contributed by atoms with Crippen LogP contribution >= 0.6 is 0 Å². The molecule has 0 aliphatic carbocycles. The SMILES string of the molecule is CN1CCC(NC(=O)c2ccc(NCC#Cc3cc4c(NC5CCS(=O)CC5)cccc4n3CC(F)(F)F)cn2)CC1. The quantitative estimate of drug-likeness (QED) is 0.352. The van der Waals surface area contributed by atoms with E-state index in [2.05, 4.69) is 44.7 Å². The number of nitrogens with zero attached hydrogens (tertiary/aromatic N) is 3. The first-order chi connectivity index (χ1) is 20.1. The minimum atomic E-state index is -4.41. The summed E-state index contributed by atoms with van der Waals surface area (Å²) < 4.78 is 53.5. The molecule has 2 aliphatic heterocycles. The van der Waals surface area contributed by atoms with Gasteiger partial charge in [-0.3, -0.25) is 9.00 Å². The van der Waals surface area contributed by atoms with E-state index in [1.54, 1.807) is 36.5 Å². The predicted octanol–water partition coefficient (Wildman–Crippen LogP) is 4.21. The summed E-state index contributed by atoms with van der Waals surface area (Å²) in [6, 6.07) is 10.6. The number of carbonyl (C=O) groups is 1. The summed E-state index contributed by atoms with van der Waals surface area (Å²) in [6.45, 7) is 0.926. The summed E-state index contributed by atoms with van der Waals surface area (Å²) in [5.74, 6) is 6.86. The molecular weight excluding hydrogens is 565 g/mol. The van der Waals surface area contributed by atoms with E-state index in [0.717, 1.165) is 44.5 Å². The maximum atomic E-state index is 13.5. The number of fused-ring (bicyclic) bond motifs is 1. The first-order valence-electron chi connectivity index (χ1n) is 14.1. The highest BCUT2D eigenvalue weighted by atomic mass is 32.2. The molecule has 0 bridgehead atoms. The number of halogens is 3. The number of hydrogen-bond acceptors (Lipinski definition) is 6. The zero-order chi connectivity index (χ0) is 29.7. The molecule has 3 aromatic rings. The smallest absolute Gasteiger partial charge is 0.382 e. The lowest BCUT2D eigenvalue weighted by atomic mass is 10.1. The van der Waals surface area contributed by atoms with Crippen LogP contribution in [0.25, 0.3) is 10.9 Å². The Morgan fingerprint density at radius 3 is 2.55 bits per heavy atom. The second kappa shape index (κ2) is 13.2. The highest BCUT2D eigenvalue weighted by Crippen LogP contribution is 2.31. The van der Waals surface area contributed by atoms with Crippen molar-refractivity contribution < 1.29 is 22.2 Å². The van der Waals surface area contributed by atoms with Crippen molar-refractivity contribution in [3.63, 3.8) is 0 Å². The molecule has 3 N–H and O–H groups in total. The molecule has 224 valence electrons. The number of rotatable bonds is 7. The highest BCUT2D eigenvalue weighted by Gasteiger charge is 2.30. The van der Waals surface area contributed by atoms with E-state index in [9.17, 15) is 22.2 Å². The molecule has 5 rings (SSSR count). The minimum Gasteiger partial charge on any atom is -0.382 e. The van der Waals surface area contributed by atoms with Gasteiger partial charge in [0.25, 0.3) is 5.91 Å². The lowest BCUT2D eigenvalue weighted by Gasteiger charge is -2.29. The van der Waals surface area contributed by atoms with Crippen LogP contribution in [0.4, 0.5) is 24.5 Å². The van der Waals surface area contributed by atoms with Crippen molar-refractivity contribution in [2.75, 3.05) is 48.8 Å². The molecule has 4 heterocycles. The number of pyridine rings is 1. The molecule has 2 fully saturated rings. The summed E-state index contributed by atoms with van der Waals surface area (Å²) in [5.41, 5.74) is 2.44. The summed E-state index contributed by atoms with van der Waals surface area (Å²) in [5, 5.41) is 10.2. The Hall–Kier alpha value is -3.56. The first-order valence-corrected chi connectivity index (χ1v) is 15.6. The number of likely N-dealkylation sites (tertiary alicyclic amines) is 1. The highest BCUT2D eigenvalue weighted by molar-refractivity contribution is 7.85. The van der Waals surface area contributed by atoms with E-state index in [-0.39, 0.29) is 30.2 Å². The third kappa shape index (κ3) is 7.83. The number of anilines is 2. The molecule has 0 radical (unpaired) electrons. The van der Waals surface area contributed by atoms with Crippen LogP contribution in [-0.4, -0.2) is 81.0 Å². The number of amides is 1. The van der Waals surface area contributed by atoms with Crippen molar-refractivity contribution in [1.29, 1.82) is 0 Å². The number of piperidine rings is 1. The Morgan fingerprint density at radius 1 is 1.10 bits per heavy atom. The fourth-order valence-corrected chi connectivity index (χ4v) is 6.65. The largest absolute Gasteiger partial charge is 0.406 e. The molecule has 2 aromatic heterocycles. The molecule has 2 saturated heterocycles. The number of nitrogens with one attached hydrogen (secondary N) is 3. The lowest BCUT2D eigenvalue weighted by Crippen LogP contribution is -2.43. The van der Waals surface area contributed by atoms with Gasteiger partial charge in [0.15, 0.2) is 0 Å². The van der Waals surface area contributed by atoms with Gasteiger partial charge < -0.3 is 25.4 Å². The van der Waals surface area contributed by atoms with Gasteiger partial charge in [0.1, 0.15) is 12.2 Å². The number of aromatic nitrogens is 2. The Labute approximate surface area is 245 Å².